The molecule has 0 radical (unpaired) electrons. The number of hydrogen-bond donors (Lipinski definition) is 1. The molecule has 4 aliphatic rings. The highest BCUT2D eigenvalue weighted by atomic mass is 127. The van der Waals surface area contributed by atoms with E-state index in [2.05, 4.69) is 22.6 Å². The van der Waals surface area contributed by atoms with E-state index in [-0.39, 0.29) is 35.8 Å². The van der Waals surface area contributed by atoms with E-state index in [0.29, 0.717) is 29.1 Å². The van der Waals surface area contributed by atoms with Gasteiger partial charge in [-0.15, -0.1) is 0 Å². The minimum absolute atomic E-state index is 0.0549. The fraction of sp³-hybridized carbons (Fsp3) is 0.294. The molecule has 7 rings (SSSR count). The molecule has 1 saturated carbocycles. The van der Waals surface area contributed by atoms with Crippen LogP contribution >= 0.6 is 22.6 Å². The molecule has 9 heteroatoms. The van der Waals surface area contributed by atoms with Crippen molar-refractivity contribution in [2.45, 2.75) is 25.7 Å². The van der Waals surface area contributed by atoms with Gasteiger partial charge in [-0.3, -0.25) is 24.1 Å². The van der Waals surface area contributed by atoms with Crippen LogP contribution in [0.4, 0.5) is 11.4 Å². The lowest BCUT2D eigenvalue weighted by Crippen LogP contribution is -2.49. The van der Waals surface area contributed by atoms with Crippen LogP contribution in [-0.4, -0.2) is 35.8 Å². The van der Waals surface area contributed by atoms with Crippen LogP contribution in [0.3, 0.4) is 0 Å². The van der Waals surface area contributed by atoms with E-state index in [1.54, 1.807) is 61.5 Å². The van der Waals surface area contributed by atoms with Gasteiger partial charge in [0, 0.05) is 15.1 Å². The molecule has 3 aromatic carbocycles. The van der Waals surface area contributed by atoms with Crippen LogP contribution in [-0.2, 0) is 19.2 Å². The summed E-state index contributed by atoms with van der Waals surface area (Å²) in [5.41, 5.74) is 0.933. The van der Waals surface area contributed by atoms with Gasteiger partial charge < -0.3 is 9.84 Å². The van der Waals surface area contributed by atoms with Crippen LogP contribution in [0.2, 0.25) is 0 Å². The van der Waals surface area contributed by atoms with Gasteiger partial charge in [-0.25, -0.2) is 4.90 Å². The Labute approximate surface area is 262 Å². The van der Waals surface area contributed by atoms with Crippen LogP contribution in [0.1, 0.15) is 31.2 Å². The second kappa shape index (κ2) is 10.0. The molecule has 2 aliphatic carbocycles. The first-order valence-corrected chi connectivity index (χ1v) is 15.4. The number of carbonyl (C=O) groups is 4. The molecular formula is C34H29IN2O6. The van der Waals surface area contributed by atoms with Crippen molar-refractivity contribution in [3.05, 3.63) is 93.6 Å². The van der Waals surface area contributed by atoms with E-state index < -0.39 is 35.0 Å². The Morgan fingerprint density at radius 2 is 1.53 bits per heavy atom. The zero-order chi connectivity index (χ0) is 30.2. The Hall–Kier alpha value is -3.99. The Morgan fingerprint density at radius 3 is 2.23 bits per heavy atom. The van der Waals surface area contributed by atoms with Crippen molar-refractivity contribution >= 4 is 57.6 Å². The smallest absolute Gasteiger partial charge is 0.241 e. The third-order valence-corrected chi connectivity index (χ3v) is 10.6. The maximum atomic E-state index is 14.5. The average molecular weight is 689 g/mol. The molecule has 8 nitrogen and oxygen atoms in total. The monoisotopic (exact) mass is 688 g/mol. The van der Waals surface area contributed by atoms with E-state index in [1.807, 2.05) is 24.3 Å². The van der Waals surface area contributed by atoms with Gasteiger partial charge in [-0.2, -0.15) is 0 Å². The minimum Gasteiger partial charge on any atom is -0.508 e. The zero-order valence-corrected chi connectivity index (χ0v) is 25.7. The Bertz CT molecular complexity index is 1720. The highest BCUT2D eigenvalue weighted by Gasteiger charge is 2.68. The predicted molar refractivity (Wildman–Crippen MR) is 167 cm³/mol. The molecule has 0 bridgehead atoms. The van der Waals surface area contributed by atoms with E-state index in [4.69, 9.17) is 4.74 Å². The number of phenols is 1. The fourth-order valence-electron chi connectivity index (χ4n) is 7.99. The van der Waals surface area contributed by atoms with Gasteiger partial charge in [0.25, 0.3) is 0 Å². The van der Waals surface area contributed by atoms with E-state index in [1.165, 1.54) is 16.9 Å². The Kier molecular flexibility index (Phi) is 6.50. The number of methoxy groups -OCH3 is 1. The van der Waals surface area contributed by atoms with Gasteiger partial charge in [-0.05, 0) is 96.8 Å². The molecular weight excluding hydrogens is 659 g/mol. The molecule has 2 aliphatic heterocycles. The van der Waals surface area contributed by atoms with Gasteiger partial charge >= 0.3 is 0 Å². The molecule has 1 N–H and O–H groups in total. The number of para-hydroxylation sites is 1. The third kappa shape index (κ3) is 3.86. The highest BCUT2D eigenvalue weighted by Crippen LogP contribution is 2.65. The largest absolute Gasteiger partial charge is 0.508 e. The van der Waals surface area contributed by atoms with Gasteiger partial charge in [0.1, 0.15) is 11.5 Å². The number of halogens is 1. The molecule has 218 valence electrons. The lowest BCUT2D eigenvalue weighted by molar-refractivity contribution is -0.131. The summed E-state index contributed by atoms with van der Waals surface area (Å²) >= 11 is 2.18. The number of carbonyl (C=O) groups excluding carboxylic acids is 4. The number of phenolic OH excluding ortho intramolecular Hbond substituents is 1. The molecule has 3 fully saturated rings. The number of amides is 4. The first-order valence-electron chi connectivity index (χ1n) is 14.3. The molecule has 43 heavy (non-hydrogen) atoms. The second-order valence-electron chi connectivity index (χ2n) is 11.9. The number of hydrogen-bond acceptors (Lipinski definition) is 6. The zero-order valence-electron chi connectivity index (χ0n) is 23.6. The summed E-state index contributed by atoms with van der Waals surface area (Å²) < 4.78 is 6.69. The Balaban J connectivity index is 1.40. The molecule has 0 aromatic heterocycles. The lowest BCUT2D eigenvalue weighted by atomic mass is 9.51. The lowest BCUT2D eigenvalue weighted by Gasteiger charge is -2.49. The van der Waals surface area contributed by atoms with Gasteiger partial charge in [0.2, 0.25) is 23.6 Å². The predicted octanol–water partition coefficient (Wildman–Crippen LogP) is 5.44. The van der Waals surface area contributed by atoms with Crippen molar-refractivity contribution in [2.24, 2.45) is 29.1 Å². The van der Waals surface area contributed by atoms with Gasteiger partial charge in [-0.1, -0.05) is 35.9 Å². The summed E-state index contributed by atoms with van der Waals surface area (Å²) in [6.45, 7) is 1.79. The van der Waals surface area contributed by atoms with Crippen molar-refractivity contribution in [1.82, 2.24) is 0 Å². The van der Waals surface area contributed by atoms with Crippen molar-refractivity contribution < 1.29 is 29.0 Å². The highest BCUT2D eigenvalue weighted by molar-refractivity contribution is 14.1. The minimum atomic E-state index is -1.27. The maximum absolute atomic E-state index is 14.5. The van der Waals surface area contributed by atoms with Crippen molar-refractivity contribution in [1.29, 1.82) is 0 Å². The molecule has 3 aromatic rings. The molecule has 2 heterocycles. The van der Waals surface area contributed by atoms with E-state index in [9.17, 15) is 24.3 Å². The number of allylic oxidation sites excluding steroid dienone is 2. The molecule has 2 saturated heterocycles. The number of ether oxygens (including phenoxy) is 1. The quantitative estimate of drug-likeness (QED) is 0.223. The van der Waals surface area contributed by atoms with Crippen LogP contribution in [0.5, 0.6) is 11.5 Å². The summed E-state index contributed by atoms with van der Waals surface area (Å²) in [5, 5.41) is 11.3. The van der Waals surface area contributed by atoms with E-state index in [0.717, 1.165) is 9.14 Å². The first-order chi connectivity index (χ1) is 20.7. The Morgan fingerprint density at radius 1 is 0.837 bits per heavy atom. The summed E-state index contributed by atoms with van der Waals surface area (Å²) in [5.74, 6) is -4.21. The number of imide groups is 2. The number of anilines is 2. The average Bonchev–Trinajstić information content (AvgIpc) is 3.38. The van der Waals surface area contributed by atoms with E-state index >= 15 is 0 Å². The topological polar surface area (TPSA) is 104 Å². The third-order valence-electron chi connectivity index (χ3n) is 9.93. The molecule has 6 unspecified atom stereocenters. The van der Waals surface area contributed by atoms with Crippen LogP contribution in [0.15, 0.2) is 84.4 Å². The number of rotatable bonds is 4. The number of aromatic hydroxyl groups is 1. The summed E-state index contributed by atoms with van der Waals surface area (Å²) in [6.07, 6.45) is 2.53. The second-order valence-corrected chi connectivity index (χ2v) is 13.1. The van der Waals surface area contributed by atoms with Crippen molar-refractivity contribution in [3.8, 4) is 11.5 Å². The number of fused-ring (bicyclic) bond motifs is 4. The summed E-state index contributed by atoms with van der Waals surface area (Å²) in [7, 11) is 1.50. The summed E-state index contributed by atoms with van der Waals surface area (Å²) in [6, 6.07) is 21.0. The first kappa shape index (κ1) is 27.8. The van der Waals surface area contributed by atoms with Crippen LogP contribution in [0, 0.1) is 32.7 Å². The SMILES string of the molecule is COc1cccc(O)c1C1C2=CCC3C(=O)N(c4ccc(I)cc4)C(=O)C3C2CC2C(=O)N(c3ccccc3)C(=O)C21C. The van der Waals surface area contributed by atoms with Crippen molar-refractivity contribution in [2.75, 3.05) is 16.9 Å². The molecule has 0 spiro atoms. The van der Waals surface area contributed by atoms with Crippen molar-refractivity contribution in [3.63, 3.8) is 0 Å². The maximum Gasteiger partial charge on any atom is 0.241 e. The number of benzene rings is 3. The normalized spacial score (nSPS) is 29.7. The fourth-order valence-corrected chi connectivity index (χ4v) is 8.35. The summed E-state index contributed by atoms with van der Waals surface area (Å²) in [4.78, 5) is 59.1. The van der Waals surface area contributed by atoms with Gasteiger partial charge in [0.05, 0.1) is 41.7 Å². The number of nitrogens with zero attached hydrogens (tertiary/aromatic N) is 2. The van der Waals surface area contributed by atoms with Crippen LogP contribution in [0.25, 0.3) is 0 Å². The van der Waals surface area contributed by atoms with Gasteiger partial charge in [0.15, 0.2) is 0 Å². The van der Waals surface area contributed by atoms with Crippen LogP contribution < -0.4 is 14.5 Å². The standard InChI is InChI=1S/C34H29IN2O6/c1-34-24(31(40)37(33(34)42)19-7-4-3-5-8-19)17-23-21(29(34)28-25(38)9-6-10-26(28)43-2)15-16-22-27(23)32(41)36(30(22)39)20-13-11-18(35)12-14-20/h3-15,22-24,27,29,38H,16-17H2,1-2H3. The molecule has 6 atom stereocenters. The molecule has 4 amide bonds.